The highest BCUT2D eigenvalue weighted by molar-refractivity contribution is 5.75. The summed E-state index contributed by atoms with van der Waals surface area (Å²) in [7, 11) is 0. The molecule has 1 aliphatic carbocycles. The molecule has 0 bridgehead atoms. The molecule has 1 aromatic carbocycles. The van der Waals surface area contributed by atoms with Crippen molar-refractivity contribution in [3.63, 3.8) is 0 Å². The molecule has 0 atom stereocenters. The maximum absolute atomic E-state index is 12.7. The average Bonchev–Trinajstić information content (AvgIpc) is 3.06. The fourth-order valence-corrected chi connectivity index (χ4v) is 4.76. The van der Waals surface area contributed by atoms with Crippen LogP contribution in [0.5, 0.6) is 0 Å². The number of aromatic nitrogens is 4. The maximum atomic E-state index is 12.7. The first-order valence-corrected chi connectivity index (χ1v) is 10.5. The predicted octanol–water partition coefficient (Wildman–Crippen LogP) is 3.50. The first kappa shape index (κ1) is 18.3. The van der Waals surface area contributed by atoms with Gasteiger partial charge < -0.3 is 9.88 Å². The molecular formula is C23H27N5O. The summed E-state index contributed by atoms with van der Waals surface area (Å²) in [6, 6.07) is 7.98. The van der Waals surface area contributed by atoms with Gasteiger partial charge in [-0.05, 0) is 37.8 Å². The van der Waals surface area contributed by atoms with Crippen LogP contribution in [0.25, 0.3) is 11.0 Å². The molecule has 0 unspecified atom stereocenters. The number of benzene rings is 1. The number of fused-ring (bicyclic) bond motifs is 3. The minimum atomic E-state index is -0.167. The van der Waals surface area contributed by atoms with Gasteiger partial charge in [-0.3, -0.25) is 9.78 Å². The lowest BCUT2D eigenvalue weighted by Crippen LogP contribution is -2.43. The van der Waals surface area contributed by atoms with Gasteiger partial charge in [0.2, 0.25) is 0 Å². The molecule has 1 spiro atoms. The summed E-state index contributed by atoms with van der Waals surface area (Å²) >= 11 is 0. The molecule has 3 aromatic rings. The number of hydrogen-bond donors (Lipinski definition) is 1. The molecule has 6 heteroatoms. The molecule has 0 radical (unpaired) electrons. The van der Waals surface area contributed by atoms with Gasteiger partial charge in [-0.25, -0.2) is 9.97 Å². The van der Waals surface area contributed by atoms with E-state index in [-0.39, 0.29) is 16.4 Å². The van der Waals surface area contributed by atoms with Crippen LogP contribution in [0.15, 0.2) is 35.3 Å². The van der Waals surface area contributed by atoms with Crippen molar-refractivity contribution in [2.24, 2.45) is 0 Å². The van der Waals surface area contributed by atoms with Gasteiger partial charge in [0.15, 0.2) is 0 Å². The van der Waals surface area contributed by atoms with E-state index in [1.54, 1.807) is 0 Å². The van der Waals surface area contributed by atoms with Gasteiger partial charge >= 0.3 is 0 Å². The van der Waals surface area contributed by atoms with E-state index in [1.807, 2.05) is 30.5 Å². The van der Waals surface area contributed by atoms with Crippen LogP contribution in [0.1, 0.15) is 57.1 Å². The van der Waals surface area contributed by atoms with Gasteiger partial charge in [0.25, 0.3) is 5.56 Å². The van der Waals surface area contributed by atoms with Crippen molar-refractivity contribution in [3.8, 4) is 0 Å². The lowest BCUT2D eigenvalue weighted by atomic mass is 9.76. The van der Waals surface area contributed by atoms with Gasteiger partial charge in [-0.15, -0.1) is 0 Å². The Balaban J connectivity index is 1.43. The lowest BCUT2D eigenvalue weighted by molar-refractivity contribution is 0.320. The molecule has 2 aliphatic rings. The Kier molecular flexibility index (Phi) is 4.02. The summed E-state index contributed by atoms with van der Waals surface area (Å²) in [6.07, 6.45) is 5.72. The van der Waals surface area contributed by atoms with E-state index in [2.05, 4.69) is 35.6 Å². The van der Waals surface area contributed by atoms with Crippen molar-refractivity contribution in [1.82, 2.24) is 19.9 Å². The normalized spacial score (nSPS) is 18.4. The Morgan fingerprint density at radius 3 is 2.48 bits per heavy atom. The topological polar surface area (TPSA) is 74.8 Å². The molecule has 150 valence electrons. The third-order valence-electron chi connectivity index (χ3n) is 6.56. The summed E-state index contributed by atoms with van der Waals surface area (Å²) in [5.74, 6) is 1.73. The van der Waals surface area contributed by atoms with Crippen molar-refractivity contribution < 1.29 is 0 Å². The molecule has 1 aliphatic heterocycles. The van der Waals surface area contributed by atoms with E-state index in [0.717, 1.165) is 72.7 Å². The van der Waals surface area contributed by atoms with E-state index < -0.39 is 0 Å². The number of para-hydroxylation sites is 2. The molecule has 3 heterocycles. The number of rotatable bonds is 1. The smallest absolute Gasteiger partial charge is 0.254 e. The highest BCUT2D eigenvalue weighted by Gasteiger charge is 2.44. The number of aromatic amines is 1. The minimum Gasteiger partial charge on any atom is -0.355 e. The molecule has 1 fully saturated rings. The van der Waals surface area contributed by atoms with Crippen LogP contribution in [-0.4, -0.2) is 33.0 Å². The second-order valence-corrected chi connectivity index (χ2v) is 9.48. The molecule has 5 rings (SSSR count). The van der Waals surface area contributed by atoms with Crippen LogP contribution in [-0.2, 0) is 17.3 Å². The Morgan fingerprint density at radius 1 is 1.03 bits per heavy atom. The van der Waals surface area contributed by atoms with E-state index in [1.165, 1.54) is 0 Å². The SMILES string of the molecule is CC(C)(C)c1nc2c(c(=O)[nH]1)CCC21CCN(c2cnc3ccccc3n2)CC1. The van der Waals surface area contributed by atoms with Crippen molar-refractivity contribution in [3.05, 3.63) is 57.9 Å². The van der Waals surface area contributed by atoms with Crippen LogP contribution in [0.3, 0.4) is 0 Å². The standard InChI is InChI=1S/C23H27N5O/c1-22(2,3)21-26-19-15(20(29)27-21)8-9-23(19)10-12-28(13-11-23)18-14-24-16-6-4-5-7-17(16)25-18/h4-7,14H,8-13H2,1-3H3,(H,26,27,29). The van der Waals surface area contributed by atoms with Crippen LogP contribution < -0.4 is 10.5 Å². The molecular weight excluding hydrogens is 362 g/mol. The highest BCUT2D eigenvalue weighted by Crippen LogP contribution is 2.45. The Morgan fingerprint density at radius 2 is 1.76 bits per heavy atom. The van der Waals surface area contributed by atoms with Gasteiger partial charge in [0.1, 0.15) is 11.6 Å². The highest BCUT2D eigenvalue weighted by atomic mass is 16.1. The Bertz CT molecular complexity index is 1140. The number of H-pyrrole nitrogens is 1. The second-order valence-electron chi connectivity index (χ2n) is 9.48. The summed E-state index contributed by atoms with van der Waals surface area (Å²) in [6.45, 7) is 8.11. The fraction of sp³-hybridized carbons (Fsp3) is 0.478. The number of hydrogen-bond acceptors (Lipinski definition) is 5. The predicted molar refractivity (Wildman–Crippen MR) is 115 cm³/mol. The summed E-state index contributed by atoms with van der Waals surface area (Å²) < 4.78 is 0. The van der Waals surface area contributed by atoms with E-state index in [9.17, 15) is 4.79 Å². The molecule has 0 saturated carbocycles. The first-order valence-electron chi connectivity index (χ1n) is 10.5. The van der Waals surface area contributed by atoms with Crippen LogP contribution in [0, 0.1) is 0 Å². The van der Waals surface area contributed by atoms with Crippen LogP contribution in [0.4, 0.5) is 5.82 Å². The minimum absolute atomic E-state index is 0.0182. The molecule has 0 amide bonds. The molecule has 1 N–H and O–H groups in total. The second kappa shape index (κ2) is 6.37. The zero-order valence-electron chi connectivity index (χ0n) is 17.3. The van der Waals surface area contributed by atoms with Gasteiger partial charge in [0.05, 0.1) is 22.9 Å². The van der Waals surface area contributed by atoms with E-state index in [0.29, 0.717) is 0 Å². The number of nitrogens with zero attached hydrogens (tertiary/aromatic N) is 4. The number of piperidine rings is 1. The summed E-state index contributed by atoms with van der Waals surface area (Å²) in [4.78, 5) is 32.4. The monoisotopic (exact) mass is 389 g/mol. The zero-order chi connectivity index (χ0) is 20.2. The van der Waals surface area contributed by atoms with E-state index >= 15 is 0 Å². The lowest BCUT2D eigenvalue weighted by Gasteiger charge is -2.40. The largest absolute Gasteiger partial charge is 0.355 e. The van der Waals surface area contributed by atoms with Crippen LogP contribution in [0.2, 0.25) is 0 Å². The molecule has 2 aromatic heterocycles. The van der Waals surface area contributed by atoms with Crippen molar-refractivity contribution >= 4 is 16.9 Å². The first-order chi connectivity index (χ1) is 13.9. The van der Waals surface area contributed by atoms with Gasteiger partial charge in [-0.2, -0.15) is 0 Å². The Labute approximate surface area is 170 Å². The van der Waals surface area contributed by atoms with Crippen molar-refractivity contribution in [1.29, 1.82) is 0 Å². The van der Waals surface area contributed by atoms with Crippen molar-refractivity contribution in [2.75, 3.05) is 18.0 Å². The summed E-state index contributed by atoms with van der Waals surface area (Å²) in [5.41, 5.74) is 3.71. The molecule has 29 heavy (non-hydrogen) atoms. The Hall–Kier alpha value is -2.76. The summed E-state index contributed by atoms with van der Waals surface area (Å²) in [5, 5.41) is 0. The zero-order valence-corrected chi connectivity index (χ0v) is 17.3. The van der Waals surface area contributed by atoms with Gasteiger partial charge in [-0.1, -0.05) is 32.9 Å². The average molecular weight is 390 g/mol. The quantitative estimate of drug-likeness (QED) is 0.689. The number of anilines is 1. The third-order valence-corrected chi connectivity index (χ3v) is 6.56. The molecule has 1 saturated heterocycles. The third kappa shape index (κ3) is 3.02. The van der Waals surface area contributed by atoms with Crippen molar-refractivity contribution in [2.45, 2.75) is 57.3 Å². The van der Waals surface area contributed by atoms with Crippen LogP contribution >= 0.6 is 0 Å². The molecule has 6 nitrogen and oxygen atoms in total. The van der Waals surface area contributed by atoms with Gasteiger partial charge in [0, 0.05) is 29.5 Å². The number of nitrogens with one attached hydrogen (secondary N) is 1. The maximum Gasteiger partial charge on any atom is 0.254 e. The fourth-order valence-electron chi connectivity index (χ4n) is 4.76. The van der Waals surface area contributed by atoms with E-state index in [4.69, 9.17) is 9.97 Å².